The molecule has 2 aromatic carbocycles. The van der Waals surface area contributed by atoms with Crippen LogP contribution < -0.4 is 10.5 Å². The number of methoxy groups -OCH3 is 1. The molecule has 2 heterocycles. The number of nitrogens with two attached hydrogens (primary N) is 1. The Morgan fingerprint density at radius 3 is 2.59 bits per heavy atom. The number of furan rings is 1. The Balaban J connectivity index is 1.71. The molecule has 4 aromatic rings. The quantitative estimate of drug-likeness (QED) is 0.467. The van der Waals surface area contributed by atoms with Gasteiger partial charge in [0.1, 0.15) is 5.75 Å². The molecule has 0 unspecified atom stereocenters. The Morgan fingerprint density at radius 1 is 1.10 bits per heavy atom. The van der Waals surface area contributed by atoms with Crippen molar-refractivity contribution in [1.82, 2.24) is 14.8 Å². The standard InChI is InChI=1S/C21H18N4O3S/c1-27-16-10-8-15(9-11-16)25-20(18-7-4-12-28-18)23-24-21(25)29-13-14-5-2-3-6-17(14)19(22)26/h2-12H,13H2,1H3,(H2,22,26). The predicted octanol–water partition coefficient (Wildman–Crippen LogP) is 3.93. The highest BCUT2D eigenvalue weighted by atomic mass is 32.2. The fraction of sp³-hybridized carbons (Fsp3) is 0.0952. The lowest BCUT2D eigenvalue weighted by atomic mass is 10.1. The van der Waals surface area contributed by atoms with Gasteiger partial charge in [-0.1, -0.05) is 30.0 Å². The molecule has 7 nitrogen and oxygen atoms in total. The Labute approximate surface area is 171 Å². The van der Waals surface area contributed by atoms with Crippen LogP contribution >= 0.6 is 11.8 Å². The zero-order valence-corrected chi connectivity index (χ0v) is 16.4. The molecule has 0 fully saturated rings. The lowest BCUT2D eigenvalue weighted by molar-refractivity contribution is 0.0999. The van der Waals surface area contributed by atoms with Crippen molar-refractivity contribution in [2.75, 3.05) is 7.11 Å². The minimum Gasteiger partial charge on any atom is -0.497 e. The molecular formula is C21H18N4O3S. The largest absolute Gasteiger partial charge is 0.497 e. The van der Waals surface area contributed by atoms with Gasteiger partial charge in [0.25, 0.3) is 0 Å². The van der Waals surface area contributed by atoms with Crippen molar-refractivity contribution < 1.29 is 13.9 Å². The summed E-state index contributed by atoms with van der Waals surface area (Å²) in [6, 6.07) is 18.5. The van der Waals surface area contributed by atoms with Gasteiger partial charge >= 0.3 is 0 Å². The molecule has 8 heteroatoms. The van der Waals surface area contributed by atoms with E-state index in [2.05, 4.69) is 10.2 Å². The van der Waals surface area contributed by atoms with Gasteiger partial charge < -0.3 is 14.9 Å². The van der Waals surface area contributed by atoms with Crippen molar-refractivity contribution in [3.8, 4) is 23.0 Å². The molecule has 146 valence electrons. The van der Waals surface area contributed by atoms with Gasteiger partial charge in [0.2, 0.25) is 11.7 Å². The van der Waals surface area contributed by atoms with Gasteiger partial charge in [-0.05, 0) is 48.0 Å². The van der Waals surface area contributed by atoms with Crippen LogP contribution in [-0.4, -0.2) is 27.8 Å². The third kappa shape index (κ3) is 3.88. The number of carbonyl (C=O) groups excluding carboxylic acids is 1. The molecular weight excluding hydrogens is 388 g/mol. The molecule has 0 aliphatic rings. The molecule has 0 bridgehead atoms. The maximum absolute atomic E-state index is 11.7. The van der Waals surface area contributed by atoms with Crippen LogP contribution in [0.25, 0.3) is 17.3 Å². The highest BCUT2D eigenvalue weighted by molar-refractivity contribution is 7.98. The first-order valence-electron chi connectivity index (χ1n) is 8.81. The third-order valence-corrected chi connectivity index (χ3v) is 5.32. The minimum absolute atomic E-state index is 0.450. The second-order valence-corrected chi connectivity index (χ2v) is 7.07. The predicted molar refractivity (Wildman–Crippen MR) is 110 cm³/mol. The van der Waals surface area contributed by atoms with Crippen molar-refractivity contribution in [2.45, 2.75) is 10.9 Å². The van der Waals surface area contributed by atoms with E-state index in [0.29, 0.717) is 28.1 Å². The first kappa shape index (κ1) is 18.8. The van der Waals surface area contributed by atoms with Crippen LogP contribution in [0.15, 0.2) is 76.5 Å². The van der Waals surface area contributed by atoms with E-state index in [9.17, 15) is 4.79 Å². The Hall–Kier alpha value is -3.52. The van der Waals surface area contributed by atoms with Crippen molar-refractivity contribution >= 4 is 17.7 Å². The molecule has 0 saturated heterocycles. The summed E-state index contributed by atoms with van der Waals surface area (Å²) in [5, 5.41) is 9.34. The SMILES string of the molecule is COc1ccc(-n2c(SCc3ccccc3C(N)=O)nnc2-c2ccco2)cc1. The van der Waals surface area contributed by atoms with E-state index < -0.39 is 5.91 Å². The van der Waals surface area contributed by atoms with E-state index in [1.54, 1.807) is 31.6 Å². The highest BCUT2D eigenvalue weighted by Gasteiger charge is 2.19. The second kappa shape index (κ2) is 8.24. The minimum atomic E-state index is -0.450. The van der Waals surface area contributed by atoms with E-state index in [4.69, 9.17) is 14.9 Å². The summed E-state index contributed by atoms with van der Waals surface area (Å²) in [5.74, 6) is 2.02. The second-order valence-electron chi connectivity index (χ2n) is 6.13. The average Bonchev–Trinajstić information content (AvgIpc) is 3.42. The summed E-state index contributed by atoms with van der Waals surface area (Å²) < 4.78 is 12.7. The van der Waals surface area contributed by atoms with Crippen LogP contribution in [0.1, 0.15) is 15.9 Å². The number of hydrogen-bond acceptors (Lipinski definition) is 6. The summed E-state index contributed by atoms with van der Waals surface area (Å²) >= 11 is 1.46. The van der Waals surface area contributed by atoms with Crippen molar-refractivity contribution in [3.63, 3.8) is 0 Å². The Kier molecular flexibility index (Phi) is 5.35. The number of aromatic nitrogens is 3. The van der Waals surface area contributed by atoms with Gasteiger partial charge in [0.15, 0.2) is 10.9 Å². The summed E-state index contributed by atoms with van der Waals surface area (Å²) in [6.45, 7) is 0. The maximum Gasteiger partial charge on any atom is 0.249 e. The van der Waals surface area contributed by atoms with Gasteiger partial charge in [0.05, 0.1) is 19.1 Å². The fourth-order valence-electron chi connectivity index (χ4n) is 2.92. The van der Waals surface area contributed by atoms with Crippen LogP contribution in [0.4, 0.5) is 0 Å². The van der Waals surface area contributed by atoms with Crippen molar-refractivity contribution in [3.05, 3.63) is 78.1 Å². The van der Waals surface area contributed by atoms with E-state index in [0.717, 1.165) is 17.0 Å². The van der Waals surface area contributed by atoms with E-state index >= 15 is 0 Å². The van der Waals surface area contributed by atoms with Crippen LogP contribution in [0.5, 0.6) is 5.75 Å². The molecule has 0 aliphatic heterocycles. The first-order chi connectivity index (χ1) is 14.2. The number of primary amides is 1. The van der Waals surface area contributed by atoms with Gasteiger partial charge in [-0.15, -0.1) is 10.2 Å². The lowest BCUT2D eigenvalue weighted by Crippen LogP contribution is -2.13. The number of hydrogen-bond donors (Lipinski definition) is 1. The molecule has 0 radical (unpaired) electrons. The zero-order valence-electron chi connectivity index (χ0n) is 15.6. The van der Waals surface area contributed by atoms with Gasteiger partial charge in [-0.25, -0.2) is 0 Å². The normalized spacial score (nSPS) is 10.8. The molecule has 0 atom stereocenters. The fourth-order valence-corrected chi connectivity index (χ4v) is 3.88. The van der Waals surface area contributed by atoms with Gasteiger partial charge in [-0.2, -0.15) is 0 Å². The van der Waals surface area contributed by atoms with Crippen molar-refractivity contribution in [1.29, 1.82) is 0 Å². The number of nitrogens with zero attached hydrogens (tertiary/aromatic N) is 3. The number of rotatable bonds is 7. The Bertz CT molecular complexity index is 1120. The van der Waals surface area contributed by atoms with Crippen LogP contribution in [0.2, 0.25) is 0 Å². The summed E-state index contributed by atoms with van der Waals surface area (Å²) in [4.78, 5) is 11.7. The third-order valence-electron chi connectivity index (χ3n) is 4.35. The van der Waals surface area contributed by atoms with Crippen LogP contribution in [-0.2, 0) is 5.75 Å². The van der Waals surface area contributed by atoms with E-state index in [1.165, 1.54) is 11.8 Å². The molecule has 0 saturated carbocycles. The topological polar surface area (TPSA) is 96.2 Å². The molecule has 2 aromatic heterocycles. The average molecular weight is 406 g/mol. The number of ether oxygens (including phenoxy) is 1. The molecule has 29 heavy (non-hydrogen) atoms. The zero-order chi connectivity index (χ0) is 20.2. The number of carbonyl (C=O) groups is 1. The molecule has 0 aliphatic carbocycles. The number of thioether (sulfide) groups is 1. The van der Waals surface area contributed by atoms with E-state index in [-0.39, 0.29) is 0 Å². The molecule has 1 amide bonds. The van der Waals surface area contributed by atoms with Crippen molar-refractivity contribution in [2.24, 2.45) is 5.73 Å². The smallest absolute Gasteiger partial charge is 0.249 e. The summed E-state index contributed by atoms with van der Waals surface area (Å²) in [7, 11) is 1.62. The number of benzene rings is 2. The highest BCUT2D eigenvalue weighted by Crippen LogP contribution is 2.31. The molecule has 2 N–H and O–H groups in total. The summed E-state index contributed by atoms with van der Waals surface area (Å²) in [5.41, 5.74) is 7.71. The first-order valence-corrected chi connectivity index (χ1v) is 9.80. The molecule has 0 spiro atoms. The monoisotopic (exact) mass is 406 g/mol. The van der Waals surface area contributed by atoms with Gasteiger partial charge in [0, 0.05) is 11.3 Å². The van der Waals surface area contributed by atoms with Crippen LogP contribution in [0, 0.1) is 0 Å². The van der Waals surface area contributed by atoms with Crippen LogP contribution in [0.3, 0.4) is 0 Å². The van der Waals surface area contributed by atoms with E-state index in [1.807, 2.05) is 47.0 Å². The maximum atomic E-state index is 11.7. The van der Waals surface area contributed by atoms with Gasteiger partial charge in [-0.3, -0.25) is 9.36 Å². The molecule has 4 rings (SSSR count). The number of amides is 1. The lowest BCUT2D eigenvalue weighted by Gasteiger charge is -2.11. The Morgan fingerprint density at radius 2 is 1.90 bits per heavy atom. The summed E-state index contributed by atoms with van der Waals surface area (Å²) in [6.07, 6.45) is 1.60.